The molecule has 0 N–H and O–H groups in total. The lowest BCUT2D eigenvalue weighted by Crippen LogP contribution is -1.82. The van der Waals surface area contributed by atoms with Gasteiger partial charge < -0.3 is 0 Å². The van der Waals surface area contributed by atoms with Crippen LogP contribution in [0.5, 0.6) is 0 Å². The number of hydrogen-bond acceptors (Lipinski definition) is 0. The summed E-state index contributed by atoms with van der Waals surface area (Å²) >= 11 is 5.98. The molecule has 0 nitrogen and oxygen atoms in total. The van der Waals surface area contributed by atoms with Crippen LogP contribution in [-0.4, -0.2) is 0 Å². The molecule has 0 fully saturated rings. The van der Waals surface area contributed by atoms with E-state index in [1.807, 2.05) is 13.0 Å². The highest BCUT2D eigenvalue weighted by Crippen LogP contribution is 2.19. The third-order valence-corrected chi connectivity index (χ3v) is 1.91. The van der Waals surface area contributed by atoms with Gasteiger partial charge in [0.1, 0.15) is 0 Å². The third-order valence-electron chi connectivity index (χ3n) is 1.58. The summed E-state index contributed by atoms with van der Waals surface area (Å²) in [5.74, 6) is 0. The smallest absolute Gasteiger partial charge is 0.0443 e. The minimum Gasteiger partial charge on any atom is -0.0840 e. The van der Waals surface area contributed by atoms with Crippen molar-refractivity contribution >= 4 is 11.6 Å². The van der Waals surface area contributed by atoms with Crippen molar-refractivity contribution in [3.05, 3.63) is 40.8 Å². The molecule has 0 amide bonds. The summed E-state index contributed by atoms with van der Waals surface area (Å²) in [6, 6.07) is 6.12. The van der Waals surface area contributed by atoms with Crippen LogP contribution in [0.15, 0.2) is 18.2 Å². The first-order chi connectivity index (χ1) is 5.24. The van der Waals surface area contributed by atoms with Gasteiger partial charge in [-0.2, -0.15) is 0 Å². The van der Waals surface area contributed by atoms with Crippen LogP contribution in [0.2, 0.25) is 5.02 Å². The molecule has 1 aromatic carbocycles. The summed E-state index contributed by atoms with van der Waals surface area (Å²) in [7, 11) is 0. The summed E-state index contributed by atoms with van der Waals surface area (Å²) in [6.45, 7) is 4.15. The highest BCUT2D eigenvalue weighted by molar-refractivity contribution is 6.31. The van der Waals surface area contributed by atoms with Gasteiger partial charge in [-0.15, -0.1) is 0 Å². The molecule has 0 saturated heterocycles. The lowest BCUT2D eigenvalue weighted by atomic mass is 10.1. The Morgan fingerprint density at radius 3 is 2.73 bits per heavy atom. The maximum Gasteiger partial charge on any atom is 0.0443 e. The van der Waals surface area contributed by atoms with Crippen LogP contribution >= 0.6 is 11.6 Å². The molecule has 0 atom stereocenters. The monoisotopic (exact) mass is 167 g/mol. The summed E-state index contributed by atoms with van der Waals surface area (Å²) in [5.41, 5.74) is 2.35. The molecule has 1 heteroatoms. The lowest BCUT2D eigenvalue weighted by Gasteiger charge is -2.01. The van der Waals surface area contributed by atoms with Crippen LogP contribution in [0.1, 0.15) is 24.5 Å². The van der Waals surface area contributed by atoms with Gasteiger partial charge in [0.15, 0.2) is 0 Å². The van der Waals surface area contributed by atoms with E-state index in [0.29, 0.717) is 0 Å². The molecule has 0 aliphatic rings. The van der Waals surface area contributed by atoms with E-state index in [4.69, 9.17) is 11.6 Å². The minimum atomic E-state index is 0.854. The zero-order valence-electron chi connectivity index (χ0n) is 6.89. The Hall–Kier alpha value is -0.490. The summed E-state index contributed by atoms with van der Waals surface area (Å²) in [4.78, 5) is 0. The van der Waals surface area contributed by atoms with Crippen LogP contribution in [-0.2, 0) is 0 Å². The Kier molecular flexibility index (Phi) is 2.95. The van der Waals surface area contributed by atoms with E-state index in [9.17, 15) is 0 Å². The van der Waals surface area contributed by atoms with Gasteiger partial charge in [0, 0.05) is 5.02 Å². The zero-order valence-corrected chi connectivity index (χ0v) is 7.65. The van der Waals surface area contributed by atoms with E-state index >= 15 is 0 Å². The average Bonchev–Trinajstić information content (AvgIpc) is 1.95. The number of aryl methyl sites for hydroxylation is 1. The Morgan fingerprint density at radius 2 is 2.18 bits per heavy atom. The van der Waals surface area contributed by atoms with Gasteiger partial charge in [-0.25, -0.2) is 0 Å². The quantitative estimate of drug-likeness (QED) is 0.632. The minimum absolute atomic E-state index is 0.854. The third kappa shape index (κ3) is 2.23. The molecule has 1 radical (unpaired) electrons. The number of rotatable bonds is 2. The molecule has 0 saturated carbocycles. The van der Waals surface area contributed by atoms with Crippen molar-refractivity contribution in [1.82, 2.24) is 0 Å². The Balaban J connectivity index is 2.90. The lowest BCUT2D eigenvalue weighted by molar-refractivity contribution is 1.12. The molecule has 1 aromatic rings. The predicted octanol–water partition coefficient (Wildman–Crippen LogP) is 3.61. The highest BCUT2D eigenvalue weighted by Gasteiger charge is 1.97. The standard InChI is InChI=1S/C10H12Cl/c1-3-4-9-6-5-8(2)7-10(9)11/h4-7H,3H2,1-2H3. The van der Waals surface area contributed by atoms with Crippen molar-refractivity contribution in [3.8, 4) is 0 Å². The molecule has 59 valence electrons. The van der Waals surface area contributed by atoms with Crippen LogP contribution in [0.25, 0.3) is 0 Å². The Labute approximate surface area is 73.2 Å². The second-order valence-electron chi connectivity index (χ2n) is 2.64. The molecule has 0 heterocycles. The van der Waals surface area contributed by atoms with E-state index in [0.717, 1.165) is 17.0 Å². The van der Waals surface area contributed by atoms with Crippen molar-refractivity contribution in [2.24, 2.45) is 0 Å². The highest BCUT2D eigenvalue weighted by atomic mass is 35.5. The van der Waals surface area contributed by atoms with Gasteiger partial charge >= 0.3 is 0 Å². The number of benzene rings is 1. The molecule has 0 unspecified atom stereocenters. The topological polar surface area (TPSA) is 0 Å². The second-order valence-corrected chi connectivity index (χ2v) is 3.04. The zero-order chi connectivity index (χ0) is 8.27. The van der Waals surface area contributed by atoms with Gasteiger partial charge in [0.2, 0.25) is 0 Å². The van der Waals surface area contributed by atoms with E-state index in [1.165, 1.54) is 5.56 Å². The molecule has 0 aromatic heterocycles. The Bertz CT molecular complexity index is 241. The first-order valence-electron chi connectivity index (χ1n) is 3.83. The predicted molar refractivity (Wildman–Crippen MR) is 49.9 cm³/mol. The van der Waals surface area contributed by atoms with E-state index in [1.54, 1.807) is 0 Å². The van der Waals surface area contributed by atoms with Crippen molar-refractivity contribution < 1.29 is 0 Å². The normalized spacial score (nSPS) is 10.1. The fourth-order valence-corrected chi connectivity index (χ4v) is 1.33. The van der Waals surface area contributed by atoms with Crippen molar-refractivity contribution in [3.63, 3.8) is 0 Å². The van der Waals surface area contributed by atoms with Gasteiger partial charge in [-0.1, -0.05) is 30.7 Å². The summed E-state index contributed by atoms with van der Waals surface area (Å²) in [5, 5.41) is 0.854. The van der Waals surface area contributed by atoms with Gasteiger partial charge in [-0.05, 0) is 37.0 Å². The van der Waals surface area contributed by atoms with E-state index in [-0.39, 0.29) is 0 Å². The average molecular weight is 168 g/mol. The largest absolute Gasteiger partial charge is 0.0840 e. The fourth-order valence-electron chi connectivity index (χ4n) is 1.02. The van der Waals surface area contributed by atoms with Crippen LogP contribution in [0.3, 0.4) is 0 Å². The number of halogens is 1. The first kappa shape index (κ1) is 8.61. The summed E-state index contributed by atoms with van der Waals surface area (Å²) < 4.78 is 0. The van der Waals surface area contributed by atoms with Gasteiger partial charge in [-0.3, -0.25) is 0 Å². The second kappa shape index (κ2) is 3.77. The van der Waals surface area contributed by atoms with Crippen LogP contribution < -0.4 is 0 Å². The maximum absolute atomic E-state index is 5.98. The molecule has 0 spiro atoms. The van der Waals surface area contributed by atoms with Gasteiger partial charge in [0.05, 0.1) is 0 Å². The molecular formula is C10H12Cl. The van der Waals surface area contributed by atoms with Crippen LogP contribution in [0.4, 0.5) is 0 Å². The van der Waals surface area contributed by atoms with E-state index < -0.39 is 0 Å². The molecular weight excluding hydrogens is 156 g/mol. The van der Waals surface area contributed by atoms with Gasteiger partial charge in [0.25, 0.3) is 0 Å². The molecule has 11 heavy (non-hydrogen) atoms. The Morgan fingerprint density at radius 1 is 1.45 bits per heavy atom. The van der Waals surface area contributed by atoms with Crippen molar-refractivity contribution in [1.29, 1.82) is 0 Å². The maximum atomic E-state index is 5.98. The van der Waals surface area contributed by atoms with E-state index in [2.05, 4.69) is 25.5 Å². The molecule has 0 bridgehead atoms. The number of hydrogen-bond donors (Lipinski definition) is 0. The fraction of sp³-hybridized carbons (Fsp3) is 0.300. The molecule has 0 aliphatic heterocycles. The first-order valence-corrected chi connectivity index (χ1v) is 4.21. The van der Waals surface area contributed by atoms with Crippen molar-refractivity contribution in [2.45, 2.75) is 20.3 Å². The van der Waals surface area contributed by atoms with Crippen molar-refractivity contribution in [2.75, 3.05) is 0 Å². The summed E-state index contributed by atoms with van der Waals surface area (Å²) in [6.07, 6.45) is 3.16. The molecule has 1 rings (SSSR count). The van der Waals surface area contributed by atoms with Crippen LogP contribution in [0, 0.1) is 13.3 Å². The SMILES string of the molecule is CC[CH]c1ccc(C)cc1Cl. The molecule has 0 aliphatic carbocycles.